The lowest BCUT2D eigenvalue weighted by Crippen LogP contribution is -2.54. The van der Waals surface area contributed by atoms with Crippen LogP contribution in [0.3, 0.4) is 0 Å². The maximum atomic E-state index is 6.17. The van der Waals surface area contributed by atoms with Crippen LogP contribution < -0.4 is 15.8 Å². The molecule has 0 heterocycles. The number of nitrogens with one attached hydrogen (secondary N) is 1. The lowest BCUT2D eigenvalue weighted by atomic mass is 9.77. The van der Waals surface area contributed by atoms with Crippen LogP contribution in [0.25, 0.3) is 0 Å². The van der Waals surface area contributed by atoms with Crippen LogP contribution in [-0.4, -0.2) is 18.2 Å². The number of nitrogens with two attached hydrogens (primary N) is 1. The van der Waals surface area contributed by atoms with E-state index in [0.29, 0.717) is 6.54 Å². The van der Waals surface area contributed by atoms with Crippen molar-refractivity contribution in [3.63, 3.8) is 0 Å². The molecule has 24 heavy (non-hydrogen) atoms. The van der Waals surface area contributed by atoms with Gasteiger partial charge >= 0.3 is 0 Å². The quantitative estimate of drug-likeness (QED) is 0.855. The summed E-state index contributed by atoms with van der Waals surface area (Å²) >= 11 is 0. The van der Waals surface area contributed by atoms with Gasteiger partial charge in [0.05, 0.1) is 6.10 Å². The van der Waals surface area contributed by atoms with Crippen molar-refractivity contribution in [2.75, 3.05) is 6.54 Å². The van der Waals surface area contributed by atoms with E-state index in [1.54, 1.807) is 0 Å². The Morgan fingerprint density at radius 3 is 2.62 bits per heavy atom. The molecule has 0 saturated heterocycles. The first kappa shape index (κ1) is 17.0. The molecule has 0 radical (unpaired) electrons. The Bertz CT molecular complexity index is 669. The Kier molecular flexibility index (Phi) is 5.22. The third kappa shape index (κ3) is 3.97. The molecule has 1 aliphatic carbocycles. The van der Waals surface area contributed by atoms with Gasteiger partial charge in [-0.1, -0.05) is 36.4 Å². The zero-order valence-corrected chi connectivity index (χ0v) is 14.7. The van der Waals surface area contributed by atoms with E-state index in [9.17, 15) is 0 Å². The van der Waals surface area contributed by atoms with Crippen LogP contribution in [0.2, 0.25) is 0 Å². The Balaban J connectivity index is 1.71. The average Bonchev–Trinajstić information content (AvgIpc) is 2.60. The highest BCUT2D eigenvalue weighted by Crippen LogP contribution is 2.31. The number of ether oxygens (including phenoxy) is 1. The first-order valence-corrected chi connectivity index (χ1v) is 8.88. The molecule has 0 spiro atoms. The number of rotatable bonds is 6. The van der Waals surface area contributed by atoms with Gasteiger partial charge in [0.1, 0.15) is 5.75 Å². The largest absolute Gasteiger partial charge is 0.491 e. The molecule has 3 rings (SSSR count). The summed E-state index contributed by atoms with van der Waals surface area (Å²) in [5.41, 5.74) is 10.3. The number of fused-ring (bicyclic) bond motifs is 1. The zero-order chi connectivity index (χ0) is 17.0. The Labute approximate surface area is 145 Å². The third-order valence-electron chi connectivity index (χ3n) is 4.85. The van der Waals surface area contributed by atoms with E-state index in [1.165, 1.54) is 16.7 Å². The lowest BCUT2D eigenvalue weighted by molar-refractivity contribution is 0.241. The smallest absolute Gasteiger partial charge is 0.119 e. The van der Waals surface area contributed by atoms with Gasteiger partial charge in [-0.3, -0.25) is 0 Å². The molecule has 1 unspecified atom stereocenters. The highest BCUT2D eigenvalue weighted by molar-refractivity contribution is 5.39. The third-order valence-corrected chi connectivity index (χ3v) is 4.85. The fourth-order valence-corrected chi connectivity index (χ4v) is 3.46. The lowest BCUT2D eigenvalue weighted by Gasteiger charge is -2.38. The van der Waals surface area contributed by atoms with Crippen molar-refractivity contribution in [2.45, 2.75) is 51.3 Å². The second-order valence-corrected chi connectivity index (χ2v) is 7.10. The molecule has 2 aromatic carbocycles. The van der Waals surface area contributed by atoms with Crippen molar-refractivity contribution >= 4 is 0 Å². The molecule has 0 bridgehead atoms. The first-order chi connectivity index (χ1) is 11.6. The van der Waals surface area contributed by atoms with Gasteiger partial charge in [0.15, 0.2) is 0 Å². The van der Waals surface area contributed by atoms with Crippen molar-refractivity contribution in [3.8, 4) is 5.75 Å². The molecule has 0 fully saturated rings. The normalized spacial score (nSPS) is 20.0. The number of aryl methyl sites for hydroxylation is 1. The molecule has 3 heteroatoms. The number of hydrogen-bond acceptors (Lipinski definition) is 3. The number of benzene rings is 2. The van der Waals surface area contributed by atoms with Gasteiger partial charge in [0.25, 0.3) is 0 Å². The topological polar surface area (TPSA) is 47.3 Å². The maximum Gasteiger partial charge on any atom is 0.119 e. The van der Waals surface area contributed by atoms with E-state index in [2.05, 4.69) is 67.7 Å². The summed E-state index contributed by atoms with van der Waals surface area (Å²) in [4.78, 5) is 0. The predicted octanol–water partition coefficient (Wildman–Crippen LogP) is 3.45. The van der Waals surface area contributed by atoms with E-state index in [1.807, 2.05) is 0 Å². The summed E-state index contributed by atoms with van der Waals surface area (Å²) in [5, 5.41) is 3.73. The molecule has 3 N–H and O–H groups in total. The molecule has 128 valence electrons. The molecular weight excluding hydrogens is 296 g/mol. The SMILES string of the molecule is CC(C)Oc1ccc2c(c1)CCC(CN)(NCc1ccccc1)C2. The van der Waals surface area contributed by atoms with Gasteiger partial charge in [-0.15, -0.1) is 0 Å². The predicted molar refractivity (Wildman–Crippen MR) is 99.3 cm³/mol. The summed E-state index contributed by atoms with van der Waals surface area (Å²) in [5.74, 6) is 0.973. The highest BCUT2D eigenvalue weighted by atomic mass is 16.5. The van der Waals surface area contributed by atoms with Crippen LogP contribution in [0, 0.1) is 0 Å². The van der Waals surface area contributed by atoms with Gasteiger partial charge in [-0.05, 0) is 61.9 Å². The van der Waals surface area contributed by atoms with Gasteiger partial charge < -0.3 is 15.8 Å². The van der Waals surface area contributed by atoms with Crippen LogP contribution in [0.15, 0.2) is 48.5 Å². The highest BCUT2D eigenvalue weighted by Gasteiger charge is 2.32. The van der Waals surface area contributed by atoms with Gasteiger partial charge in [-0.2, -0.15) is 0 Å². The van der Waals surface area contributed by atoms with E-state index in [0.717, 1.165) is 31.6 Å². The van der Waals surface area contributed by atoms with Crippen LogP contribution in [0.5, 0.6) is 5.75 Å². The Morgan fingerprint density at radius 2 is 1.92 bits per heavy atom. The van der Waals surface area contributed by atoms with Crippen molar-refractivity contribution in [3.05, 3.63) is 65.2 Å². The molecular formula is C21H28N2O. The summed E-state index contributed by atoms with van der Waals surface area (Å²) in [6.45, 7) is 5.64. The van der Waals surface area contributed by atoms with Crippen molar-refractivity contribution in [1.29, 1.82) is 0 Å². The maximum absolute atomic E-state index is 6.17. The molecule has 1 atom stereocenters. The van der Waals surface area contributed by atoms with Gasteiger partial charge in [0, 0.05) is 18.6 Å². The average molecular weight is 324 g/mol. The van der Waals surface area contributed by atoms with E-state index in [4.69, 9.17) is 10.5 Å². The molecule has 0 aromatic heterocycles. The van der Waals surface area contributed by atoms with Crippen molar-refractivity contribution in [2.24, 2.45) is 5.73 Å². The summed E-state index contributed by atoms with van der Waals surface area (Å²) in [6, 6.07) is 17.0. The van der Waals surface area contributed by atoms with Crippen LogP contribution in [-0.2, 0) is 19.4 Å². The summed E-state index contributed by atoms with van der Waals surface area (Å²) in [6.07, 6.45) is 3.30. The van der Waals surface area contributed by atoms with Gasteiger partial charge in [0.2, 0.25) is 0 Å². The fraction of sp³-hybridized carbons (Fsp3) is 0.429. The second-order valence-electron chi connectivity index (χ2n) is 7.10. The minimum atomic E-state index is -0.0107. The monoisotopic (exact) mass is 324 g/mol. The van der Waals surface area contributed by atoms with Crippen LogP contribution >= 0.6 is 0 Å². The number of hydrogen-bond donors (Lipinski definition) is 2. The molecule has 0 amide bonds. The minimum Gasteiger partial charge on any atom is -0.491 e. The van der Waals surface area contributed by atoms with E-state index in [-0.39, 0.29) is 11.6 Å². The first-order valence-electron chi connectivity index (χ1n) is 8.88. The summed E-state index contributed by atoms with van der Waals surface area (Å²) in [7, 11) is 0. The molecule has 0 saturated carbocycles. The van der Waals surface area contributed by atoms with Crippen LogP contribution in [0.1, 0.15) is 37.0 Å². The summed E-state index contributed by atoms with van der Waals surface area (Å²) < 4.78 is 5.82. The second kappa shape index (κ2) is 7.37. The standard InChI is InChI=1S/C21H28N2O/c1-16(2)24-20-9-8-19-13-21(15-22,11-10-18(19)12-20)23-14-17-6-4-3-5-7-17/h3-9,12,16,23H,10-11,13-15,22H2,1-2H3. The Hall–Kier alpha value is -1.84. The van der Waals surface area contributed by atoms with Crippen molar-refractivity contribution in [1.82, 2.24) is 5.32 Å². The minimum absolute atomic E-state index is 0.0107. The molecule has 0 aliphatic heterocycles. The van der Waals surface area contributed by atoms with E-state index < -0.39 is 0 Å². The Morgan fingerprint density at radius 1 is 1.12 bits per heavy atom. The zero-order valence-electron chi connectivity index (χ0n) is 14.7. The molecule has 1 aliphatic rings. The van der Waals surface area contributed by atoms with Gasteiger partial charge in [-0.25, -0.2) is 0 Å². The molecule has 2 aromatic rings. The molecule has 3 nitrogen and oxygen atoms in total. The fourth-order valence-electron chi connectivity index (χ4n) is 3.46. The van der Waals surface area contributed by atoms with Crippen LogP contribution in [0.4, 0.5) is 0 Å². The van der Waals surface area contributed by atoms with Crippen molar-refractivity contribution < 1.29 is 4.74 Å². The van der Waals surface area contributed by atoms with E-state index >= 15 is 0 Å².